The number of rotatable bonds is 4. The van der Waals surface area contributed by atoms with Crippen LogP contribution in [0.15, 0.2) is 71.1 Å². The molecule has 0 fully saturated rings. The van der Waals surface area contributed by atoms with Crippen LogP contribution in [0.5, 0.6) is 0 Å². The molecule has 26 heavy (non-hydrogen) atoms. The molecule has 2 aromatic carbocycles. The number of nitrogens with zero attached hydrogens (tertiary/aromatic N) is 1. The van der Waals surface area contributed by atoms with Gasteiger partial charge in [-0.2, -0.15) is 0 Å². The summed E-state index contributed by atoms with van der Waals surface area (Å²) in [7, 11) is 0. The third kappa shape index (κ3) is 3.41. The summed E-state index contributed by atoms with van der Waals surface area (Å²) in [6.07, 6.45) is 0.0892. The van der Waals surface area contributed by atoms with Crippen LogP contribution >= 0.6 is 0 Å². The molecule has 1 aromatic heterocycles. The Labute approximate surface area is 152 Å². The molecule has 3 aromatic rings. The molecule has 1 amide bonds. The Bertz CT molecular complexity index is 886. The second kappa shape index (κ2) is 7.18. The minimum absolute atomic E-state index is 0.0512. The molecular weight excluding hydrogens is 326 g/mol. The highest BCUT2D eigenvalue weighted by Crippen LogP contribution is 2.30. The van der Waals surface area contributed by atoms with Crippen LogP contribution in [0, 0.1) is 0 Å². The van der Waals surface area contributed by atoms with Crippen LogP contribution in [0.1, 0.15) is 29.4 Å². The molecule has 132 valence electrons. The lowest BCUT2D eigenvalue weighted by molar-refractivity contribution is -0.134. The molecule has 0 saturated carbocycles. The third-order valence-electron chi connectivity index (χ3n) is 4.85. The number of aliphatic hydroxyl groups is 1. The smallest absolute Gasteiger partial charge is 0.225 e. The van der Waals surface area contributed by atoms with E-state index >= 15 is 0 Å². The van der Waals surface area contributed by atoms with Crippen LogP contribution in [0.25, 0.3) is 11.3 Å². The molecule has 1 aliphatic rings. The van der Waals surface area contributed by atoms with Crippen molar-refractivity contribution in [2.75, 3.05) is 6.54 Å². The number of aliphatic hydroxyl groups excluding tert-OH is 1. The molecule has 4 nitrogen and oxygen atoms in total. The van der Waals surface area contributed by atoms with Crippen molar-refractivity contribution in [2.24, 2.45) is 0 Å². The fourth-order valence-corrected chi connectivity index (χ4v) is 3.36. The van der Waals surface area contributed by atoms with Crippen molar-refractivity contribution in [3.63, 3.8) is 0 Å². The summed E-state index contributed by atoms with van der Waals surface area (Å²) in [5.74, 6) is 1.64. The van der Waals surface area contributed by atoms with E-state index in [0.29, 0.717) is 13.1 Å². The summed E-state index contributed by atoms with van der Waals surface area (Å²) < 4.78 is 6.01. The van der Waals surface area contributed by atoms with Gasteiger partial charge in [-0.15, -0.1) is 0 Å². The van der Waals surface area contributed by atoms with Gasteiger partial charge in [-0.3, -0.25) is 4.79 Å². The zero-order valence-electron chi connectivity index (χ0n) is 14.5. The molecule has 0 bridgehead atoms. The van der Waals surface area contributed by atoms with Crippen molar-refractivity contribution in [3.05, 3.63) is 83.6 Å². The van der Waals surface area contributed by atoms with Crippen LogP contribution in [-0.4, -0.2) is 22.5 Å². The van der Waals surface area contributed by atoms with Gasteiger partial charge < -0.3 is 14.4 Å². The van der Waals surface area contributed by atoms with Crippen molar-refractivity contribution >= 4 is 5.91 Å². The van der Waals surface area contributed by atoms with Crippen LogP contribution in [0.2, 0.25) is 0 Å². The topological polar surface area (TPSA) is 53.7 Å². The average Bonchev–Trinajstić information content (AvgIpc) is 3.12. The SMILES string of the molecule is O=C(CC(O)c1ccccc1)N1CCc2cc(-c3ccccc3)oc2C1. The Morgan fingerprint density at radius 1 is 1.08 bits per heavy atom. The van der Waals surface area contributed by atoms with E-state index in [1.54, 1.807) is 4.90 Å². The van der Waals surface area contributed by atoms with Gasteiger partial charge in [0.2, 0.25) is 5.91 Å². The van der Waals surface area contributed by atoms with Crippen LogP contribution in [-0.2, 0) is 17.8 Å². The standard InChI is InChI=1S/C22H21NO3/c24-19(16-7-3-1-4-8-16)14-22(25)23-12-11-18-13-20(26-21(18)15-23)17-9-5-2-6-10-17/h1-10,13,19,24H,11-12,14-15H2. The van der Waals surface area contributed by atoms with Gasteiger partial charge in [-0.1, -0.05) is 60.7 Å². The monoisotopic (exact) mass is 347 g/mol. The van der Waals surface area contributed by atoms with Crippen molar-refractivity contribution in [1.82, 2.24) is 4.90 Å². The molecule has 4 rings (SSSR count). The van der Waals surface area contributed by atoms with E-state index < -0.39 is 6.10 Å². The van der Waals surface area contributed by atoms with Crippen molar-refractivity contribution in [2.45, 2.75) is 25.5 Å². The molecular formula is C22H21NO3. The predicted molar refractivity (Wildman–Crippen MR) is 99.3 cm³/mol. The predicted octanol–water partition coefficient (Wildman–Crippen LogP) is 3.96. The molecule has 4 heteroatoms. The van der Waals surface area contributed by atoms with Gasteiger partial charge >= 0.3 is 0 Å². The van der Waals surface area contributed by atoms with Gasteiger partial charge in [-0.05, 0) is 23.6 Å². The molecule has 1 N–H and O–H groups in total. The maximum atomic E-state index is 12.6. The Balaban J connectivity index is 1.45. The summed E-state index contributed by atoms with van der Waals surface area (Å²) in [6, 6.07) is 21.4. The molecule has 0 saturated heterocycles. The minimum Gasteiger partial charge on any atom is -0.459 e. The van der Waals surface area contributed by atoms with Gasteiger partial charge in [0.05, 0.1) is 19.1 Å². The van der Waals surface area contributed by atoms with Gasteiger partial charge in [0.1, 0.15) is 11.5 Å². The first-order valence-corrected chi connectivity index (χ1v) is 8.88. The van der Waals surface area contributed by atoms with Gasteiger partial charge in [-0.25, -0.2) is 0 Å². The Morgan fingerprint density at radius 2 is 1.77 bits per heavy atom. The Kier molecular flexibility index (Phi) is 4.59. The molecule has 2 heterocycles. The lowest BCUT2D eigenvalue weighted by Crippen LogP contribution is -2.36. The van der Waals surface area contributed by atoms with Crippen LogP contribution < -0.4 is 0 Å². The summed E-state index contributed by atoms with van der Waals surface area (Å²) in [5, 5.41) is 10.3. The Morgan fingerprint density at radius 3 is 2.50 bits per heavy atom. The van der Waals surface area contributed by atoms with E-state index in [2.05, 4.69) is 6.07 Å². The lowest BCUT2D eigenvalue weighted by atomic mass is 10.0. The van der Waals surface area contributed by atoms with Crippen LogP contribution in [0.3, 0.4) is 0 Å². The number of carbonyl (C=O) groups excluding carboxylic acids is 1. The zero-order valence-corrected chi connectivity index (χ0v) is 14.5. The number of hydrogen-bond donors (Lipinski definition) is 1. The lowest BCUT2D eigenvalue weighted by Gasteiger charge is -2.27. The van der Waals surface area contributed by atoms with E-state index in [0.717, 1.165) is 34.6 Å². The van der Waals surface area contributed by atoms with E-state index in [1.807, 2.05) is 60.7 Å². The number of carbonyl (C=O) groups is 1. The van der Waals surface area contributed by atoms with Gasteiger partial charge in [0.25, 0.3) is 0 Å². The summed E-state index contributed by atoms with van der Waals surface area (Å²) in [6.45, 7) is 1.11. The first-order valence-electron chi connectivity index (χ1n) is 8.88. The first-order chi connectivity index (χ1) is 12.7. The number of hydrogen-bond acceptors (Lipinski definition) is 3. The fourth-order valence-electron chi connectivity index (χ4n) is 3.36. The normalized spacial score (nSPS) is 14.7. The molecule has 1 unspecified atom stereocenters. The molecule has 0 aliphatic carbocycles. The number of furan rings is 1. The maximum Gasteiger partial charge on any atom is 0.225 e. The second-order valence-corrected chi connectivity index (χ2v) is 6.62. The summed E-state index contributed by atoms with van der Waals surface area (Å²) >= 11 is 0. The van der Waals surface area contributed by atoms with Gasteiger partial charge in [0.15, 0.2) is 0 Å². The van der Waals surface area contributed by atoms with E-state index in [1.165, 1.54) is 0 Å². The fraction of sp³-hybridized carbons (Fsp3) is 0.227. The van der Waals surface area contributed by atoms with E-state index in [-0.39, 0.29) is 12.3 Å². The Hall–Kier alpha value is -2.85. The molecule has 1 aliphatic heterocycles. The number of fused-ring (bicyclic) bond motifs is 1. The maximum absolute atomic E-state index is 12.6. The summed E-state index contributed by atoms with van der Waals surface area (Å²) in [4.78, 5) is 14.4. The van der Waals surface area contributed by atoms with E-state index in [9.17, 15) is 9.90 Å². The largest absolute Gasteiger partial charge is 0.459 e. The quantitative estimate of drug-likeness (QED) is 0.777. The van der Waals surface area contributed by atoms with Crippen molar-refractivity contribution in [3.8, 4) is 11.3 Å². The first kappa shape index (κ1) is 16.6. The van der Waals surface area contributed by atoms with Gasteiger partial charge in [0, 0.05) is 12.1 Å². The highest BCUT2D eigenvalue weighted by molar-refractivity contribution is 5.77. The third-order valence-corrected chi connectivity index (χ3v) is 4.85. The zero-order chi connectivity index (χ0) is 17.9. The van der Waals surface area contributed by atoms with Crippen LogP contribution in [0.4, 0.5) is 0 Å². The van der Waals surface area contributed by atoms with Crippen molar-refractivity contribution < 1.29 is 14.3 Å². The van der Waals surface area contributed by atoms with E-state index in [4.69, 9.17) is 4.42 Å². The second-order valence-electron chi connectivity index (χ2n) is 6.62. The molecule has 0 spiro atoms. The highest BCUT2D eigenvalue weighted by Gasteiger charge is 2.26. The summed E-state index contributed by atoms with van der Waals surface area (Å²) in [5.41, 5.74) is 2.97. The van der Waals surface area contributed by atoms with Crippen molar-refractivity contribution in [1.29, 1.82) is 0 Å². The molecule has 1 atom stereocenters. The average molecular weight is 347 g/mol. The highest BCUT2D eigenvalue weighted by atomic mass is 16.3. The minimum atomic E-state index is -0.776. The molecule has 0 radical (unpaired) electrons. The number of benzene rings is 2. The number of amides is 1.